The summed E-state index contributed by atoms with van der Waals surface area (Å²) in [7, 11) is 0. The van der Waals surface area contributed by atoms with Gasteiger partial charge in [0.2, 0.25) is 0 Å². The van der Waals surface area contributed by atoms with Crippen molar-refractivity contribution in [1.82, 2.24) is 20.2 Å². The predicted octanol–water partition coefficient (Wildman–Crippen LogP) is 1.56. The standard InChI is InChI=1S/C15H16N4O2/c1-9-14-12(18-9)4-7-19(14)15(20)21-13-3-6-17-11-2-5-16-8-10(11)13/h2-3,5-6,8-9,12,14,18H,4,7H2,1H3. The number of ether oxygens (including phenoxy) is 1. The second kappa shape index (κ2) is 4.66. The molecule has 108 valence electrons. The molecular weight excluding hydrogens is 268 g/mol. The van der Waals surface area contributed by atoms with Crippen molar-refractivity contribution in [2.45, 2.75) is 31.5 Å². The molecule has 1 N–H and O–H groups in total. The molecule has 21 heavy (non-hydrogen) atoms. The average molecular weight is 284 g/mol. The van der Waals surface area contributed by atoms with Gasteiger partial charge in [-0.1, -0.05) is 0 Å². The number of hydrogen-bond acceptors (Lipinski definition) is 5. The first-order valence-corrected chi connectivity index (χ1v) is 7.17. The highest BCUT2D eigenvalue weighted by Gasteiger charge is 2.48. The topological polar surface area (TPSA) is 67.4 Å². The number of carbonyl (C=O) groups is 1. The summed E-state index contributed by atoms with van der Waals surface area (Å²) < 4.78 is 5.59. The summed E-state index contributed by atoms with van der Waals surface area (Å²) >= 11 is 0. The molecule has 2 aromatic rings. The Morgan fingerprint density at radius 2 is 2.33 bits per heavy atom. The first-order valence-electron chi connectivity index (χ1n) is 7.17. The Labute approximate surface area is 122 Å². The molecule has 0 bridgehead atoms. The first-order chi connectivity index (χ1) is 10.2. The van der Waals surface area contributed by atoms with E-state index in [4.69, 9.17) is 4.74 Å². The Morgan fingerprint density at radius 3 is 3.19 bits per heavy atom. The van der Waals surface area contributed by atoms with Crippen LogP contribution in [0.15, 0.2) is 30.7 Å². The third-order valence-electron chi connectivity index (χ3n) is 4.38. The van der Waals surface area contributed by atoms with Crippen molar-refractivity contribution in [2.24, 2.45) is 0 Å². The lowest BCUT2D eigenvalue weighted by molar-refractivity contribution is 0.104. The fraction of sp³-hybridized carbons (Fsp3) is 0.400. The van der Waals surface area contributed by atoms with E-state index in [9.17, 15) is 4.79 Å². The second-order valence-electron chi connectivity index (χ2n) is 5.60. The first kappa shape index (κ1) is 12.5. The normalized spacial score (nSPS) is 27.3. The average Bonchev–Trinajstić information content (AvgIpc) is 2.84. The van der Waals surface area contributed by atoms with Crippen molar-refractivity contribution < 1.29 is 9.53 Å². The lowest BCUT2D eigenvalue weighted by Crippen LogP contribution is -2.66. The van der Waals surface area contributed by atoms with Crippen LogP contribution in [0.2, 0.25) is 0 Å². The highest BCUT2D eigenvalue weighted by molar-refractivity contribution is 5.86. The zero-order chi connectivity index (χ0) is 14.4. The number of pyridine rings is 2. The van der Waals surface area contributed by atoms with Gasteiger partial charge in [-0.2, -0.15) is 0 Å². The maximum absolute atomic E-state index is 12.4. The smallest absolute Gasteiger partial charge is 0.409 e. The van der Waals surface area contributed by atoms with Crippen LogP contribution >= 0.6 is 0 Å². The van der Waals surface area contributed by atoms with Crippen LogP contribution in [0.4, 0.5) is 4.79 Å². The van der Waals surface area contributed by atoms with Crippen LogP contribution in [0, 0.1) is 0 Å². The molecule has 3 unspecified atom stereocenters. The Hall–Kier alpha value is -2.21. The number of aromatic nitrogens is 2. The molecule has 0 saturated carbocycles. The van der Waals surface area contributed by atoms with Gasteiger partial charge in [0.1, 0.15) is 5.75 Å². The SMILES string of the molecule is CC1NC2CCN(C(=O)Oc3ccnc4ccncc34)C12. The van der Waals surface area contributed by atoms with Crippen molar-refractivity contribution >= 4 is 17.0 Å². The zero-order valence-corrected chi connectivity index (χ0v) is 11.7. The molecule has 2 aromatic heterocycles. The molecule has 6 heteroatoms. The van der Waals surface area contributed by atoms with Gasteiger partial charge in [-0.05, 0) is 19.4 Å². The molecule has 6 nitrogen and oxygen atoms in total. The summed E-state index contributed by atoms with van der Waals surface area (Å²) in [6.45, 7) is 2.84. The van der Waals surface area contributed by atoms with Crippen molar-refractivity contribution in [2.75, 3.05) is 6.54 Å². The highest BCUT2D eigenvalue weighted by Crippen LogP contribution is 2.30. The number of fused-ring (bicyclic) bond motifs is 2. The van der Waals surface area contributed by atoms with Gasteiger partial charge in [-0.25, -0.2) is 4.79 Å². The van der Waals surface area contributed by atoms with Gasteiger partial charge < -0.3 is 15.0 Å². The molecule has 0 aromatic carbocycles. The number of likely N-dealkylation sites (tertiary alicyclic amines) is 1. The summed E-state index contributed by atoms with van der Waals surface area (Å²) in [6, 6.07) is 4.52. The maximum atomic E-state index is 12.4. The summed E-state index contributed by atoms with van der Waals surface area (Å²) in [5, 5.41) is 4.17. The van der Waals surface area contributed by atoms with Crippen LogP contribution in [0.3, 0.4) is 0 Å². The van der Waals surface area contributed by atoms with E-state index >= 15 is 0 Å². The van der Waals surface area contributed by atoms with Gasteiger partial charge in [-0.15, -0.1) is 0 Å². The zero-order valence-electron chi connectivity index (χ0n) is 11.7. The molecule has 0 spiro atoms. The minimum Gasteiger partial charge on any atom is -0.409 e. The second-order valence-corrected chi connectivity index (χ2v) is 5.60. The number of hydrogen-bond donors (Lipinski definition) is 1. The van der Waals surface area contributed by atoms with Crippen LogP contribution in [0.5, 0.6) is 5.75 Å². The minimum absolute atomic E-state index is 0.253. The van der Waals surface area contributed by atoms with E-state index in [-0.39, 0.29) is 12.1 Å². The van der Waals surface area contributed by atoms with Crippen LogP contribution in [0.25, 0.3) is 10.9 Å². The van der Waals surface area contributed by atoms with Gasteiger partial charge in [0.05, 0.1) is 16.9 Å². The summed E-state index contributed by atoms with van der Waals surface area (Å²) in [5.41, 5.74) is 0.772. The van der Waals surface area contributed by atoms with E-state index in [1.807, 2.05) is 4.90 Å². The molecule has 0 aliphatic carbocycles. The van der Waals surface area contributed by atoms with Gasteiger partial charge in [0.15, 0.2) is 0 Å². The Kier molecular flexibility index (Phi) is 2.78. The van der Waals surface area contributed by atoms with Crippen molar-refractivity contribution in [3.05, 3.63) is 30.7 Å². The van der Waals surface area contributed by atoms with Gasteiger partial charge >= 0.3 is 6.09 Å². The lowest BCUT2D eigenvalue weighted by Gasteiger charge is -2.43. The Morgan fingerprint density at radius 1 is 1.43 bits per heavy atom. The lowest BCUT2D eigenvalue weighted by atomic mass is 9.92. The van der Waals surface area contributed by atoms with E-state index in [2.05, 4.69) is 22.2 Å². The van der Waals surface area contributed by atoms with E-state index in [1.165, 1.54) is 0 Å². The molecule has 2 aliphatic rings. The quantitative estimate of drug-likeness (QED) is 0.861. The molecule has 3 atom stereocenters. The summed E-state index contributed by atoms with van der Waals surface area (Å²) in [5.74, 6) is 0.515. The monoisotopic (exact) mass is 284 g/mol. The number of carbonyl (C=O) groups excluding carboxylic acids is 1. The van der Waals surface area contributed by atoms with Crippen LogP contribution in [0.1, 0.15) is 13.3 Å². The van der Waals surface area contributed by atoms with Crippen molar-refractivity contribution in [3.63, 3.8) is 0 Å². The summed E-state index contributed by atoms with van der Waals surface area (Å²) in [4.78, 5) is 22.6. The number of rotatable bonds is 1. The largest absolute Gasteiger partial charge is 0.415 e. The third-order valence-corrected chi connectivity index (χ3v) is 4.38. The molecule has 1 amide bonds. The molecule has 2 aliphatic heterocycles. The Balaban J connectivity index is 1.59. The minimum atomic E-state index is -0.285. The number of amides is 1. The van der Waals surface area contributed by atoms with Crippen LogP contribution in [-0.4, -0.2) is 45.6 Å². The van der Waals surface area contributed by atoms with Crippen LogP contribution < -0.4 is 10.1 Å². The highest BCUT2D eigenvalue weighted by atomic mass is 16.6. The third kappa shape index (κ3) is 1.94. The fourth-order valence-electron chi connectivity index (χ4n) is 3.35. The molecule has 4 heterocycles. The van der Waals surface area contributed by atoms with E-state index in [1.54, 1.807) is 30.7 Å². The van der Waals surface area contributed by atoms with Crippen molar-refractivity contribution in [1.29, 1.82) is 0 Å². The molecular formula is C15H16N4O2. The van der Waals surface area contributed by atoms with Crippen LogP contribution in [-0.2, 0) is 0 Å². The van der Waals surface area contributed by atoms with Gasteiger partial charge in [0.25, 0.3) is 0 Å². The predicted molar refractivity (Wildman–Crippen MR) is 77.1 cm³/mol. The number of nitrogens with zero attached hydrogens (tertiary/aromatic N) is 3. The molecule has 2 saturated heterocycles. The molecule has 0 radical (unpaired) electrons. The summed E-state index contributed by atoms with van der Waals surface area (Å²) in [6.07, 6.45) is 5.69. The van der Waals surface area contributed by atoms with Gasteiger partial charge in [0, 0.05) is 43.3 Å². The Bertz CT molecular complexity index is 700. The van der Waals surface area contributed by atoms with E-state index in [0.717, 1.165) is 23.9 Å². The molecule has 4 rings (SSSR count). The van der Waals surface area contributed by atoms with E-state index in [0.29, 0.717) is 17.8 Å². The number of nitrogens with one attached hydrogen (secondary N) is 1. The molecule has 2 fully saturated rings. The van der Waals surface area contributed by atoms with E-state index < -0.39 is 0 Å². The maximum Gasteiger partial charge on any atom is 0.415 e. The van der Waals surface area contributed by atoms with Gasteiger partial charge in [-0.3, -0.25) is 9.97 Å². The van der Waals surface area contributed by atoms with Crippen molar-refractivity contribution in [3.8, 4) is 5.75 Å². The fourth-order valence-corrected chi connectivity index (χ4v) is 3.35.